The van der Waals surface area contributed by atoms with Crippen molar-refractivity contribution in [2.75, 3.05) is 5.32 Å². The molecule has 0 amide bonds. The molecule has 0 aliphatic carbocycles. The molecular formula is C19H13F3NOS+. The van der Waals surface area contributed by atoms with Crippen LogP contribution in [0.15, 0.2) is 87.5 Å². The Morgan fingerprint density at radius 2 is 1.44 bits per heavy atom. The quantitative estimate of drug-likeness (QED) is 0.461. The van der Waals surface area contributed by atoms with Crippen LogP contribution in [0.4, 0.5) is 24.5 Å². The van der Waals surface area contributed by atoms with E-state index in [1.165, 1.54) is 12.1 Å². The standard InChI is InChI=1S/C19H13F3NOS/c20-19(21,22)24-13-10-11-18-16(12-13)23-15-8-4-5-9-17(15)25(18)14-6-2-1-3-7-14/h1-12,23H/q+1. The summed E-state index contributed by atoms with van der Waals surface area (Å²) >= 11 is 0. The Labute approximate surface area is 145 Å². The number of benzene rings is 3. The van der Waals surface area contributed by atoms with E-state index in [1.54, 1.807) is 6.07 Å². The van der Waals surface area contributed by atoms with Gasteiger partial charge in [0, 0.05) is 6.07 Å². The highest BCUT2D eigenvalue weighted by Gasteiger charge is 2.38. The second kappa shape index (κ2) is 6.04. The van der Waals surface area contributed by atoms with Crippen LogP contribution in [-0.4, -0.2) is 6.36 Å². The summed E-state index contributed by atoms with van der Waals surface area (Å²) in [5, 5.41) is 3.23. The summed E-state index contributed by atoms with van der Waals surface area (Å²) in [4.78, 5) is 3.17. The number of alkyl halides is 3. The molecule has 0 saturated carbocycles. The van der Waals surface area contributed by atoms with Gasteiger partial charge in [-0.15, -0.1) is 13.2 Å². The van der Waals surface area contributed by atoms with Crippen LogP contribution in [0.5, 0.6) is 5.75 Å². The van der Waals surface area contributed by atoms with E-state index in [0.717, 1.165) is 20.4 Å². The number of nitrogens with one attached hydrogen (secondary N) is 1. The highest BCUT2D eigenvalue weighted by molar-refractivity contribution is 7.97. The lowest BCUT2D eigenvalue weighted by atomic mass is 10.2. The first-order valence-corrected chi connectivity index (χ1v) is 8.79. The molecule has 126 valence electrons. The van der Waals surface area contributed by atoms with Gasteiger partial charge in [0.05, 0.1) is 11.4 Å². The first kappa shape index (κ1) is 15.9. The molecular weight excluding hydrogens is 347 g/mol. The fraction of sp³-hybridized carbons (Fsp3) is 0.0526. The number of halogens is 3. The van der Waals surface area contributed by atoms with E-state index in [4.69, 9.17) is 0 Å². The Morgan fingerprint density at radius 3 is 2.20 bits per heavy atom. The molecule has 0 fully saturated rings. The van der Waals surface area contributed by atoms with E-state index in [2.05, 4.69) is 10.1 Å². The fourth-order valence-corrected chi connectivity index (χ4v) is 5.07. The Bertz CT molecular complexity index is 912. The zero-order chi connectivity index (χ0) is 17.4. The van der Waals surface area contributed by atoms with E-state index in [9.17, 15) is 13.2 Å². The molecule has 2 nitrogen and oxygen atoms in total. The third kappa shape index (κ3) is 3.17. The molecule has 3 aromatic carbocycles. The first-order chi connectivity index (χ1) is 12.0. The zero-order valence-electron chi connectivity index (χ0n) is 12.9. The average molecular weight is 360 g/mol. The van der Waals surface area contributed by atoms with Crippen molar-refractivity contribution in [3.05, 3.63) is 72.8 Å². The predicted octanol–water partition coefficient (Wildman–Crippen LogP) is 5.74. The van der Waals surface area contributed by atoms with Crippen molar-refractivity contribution in [1.82, 2.24) is 0 Å². The Balaban J connectivity index is 1.84. The van der Waals surface area contributed by atoms with Gasteiger partial charge in [0.25, 0.3) is 0 Å². The highest BCUT2D eigenvalue weighted by atomic mass is 32.2. The largest absolute Gasteiger partial charge is 0.573 e. The van der Waals surface area contributed by atoms with Crippen molar-refractivity contribution in [3.8, 4) is 5.75 Å². The molecule has 25 heavy (non-hydrogen) atoms. The van der Waals surface area contributed by atoms with Gasteiger partial charge in [0.2, 0.25) is 0 Å². The maximum absolute atomic E-state index is 12.5. The topological polar surface area (TPSA) is 21.3 Å². The van der Waals surface area contributed by atoms with Crippen LogP contribution in [-0.2, 0) is 10.9 Å². The second-order valence-electron chi connectivity index (χ2n) is 5.45. The van der Waals surface area contributed by atoms with Crippen LogP contribution in [0, 0.1) is 0 Å². The summed E-state index contributed by atoms with van der Waals surface area (Å²) in [5.74, 6) is -0.227. The highest BCUT2D eigenvalue weighted by Crippen LogP contribution is 2.45. The Kier molecular flexibility index (Phi) is 3.84. The summed E-state index contributed by atoms with van der Waals surface area (Å²) in [6, 6.07) is 22.3. The molecule has 3 aromatic rings. The Morgan fingerprint density at radius 1 is 0.760 bits per heavy atom. The van der Waals surface area contributed by atoms with Crippen LogP contribution in [0.2, 0.25) is 0 Å². The average Bonchev–Trinajstić information content (AvgIpc) is 2.59. The normalized spacial score (nSPS) is 15.7. The molecule has 1 N–H and O–H groups in total. The molecule has 4 rings (SSSR count). The van der Waals surface area contributed by atoms with E-state index >= 15 is 0 Å². The first-order valence-electron chi connectivity index (χ1n) is 7.56. The van der Waals surface area contributed by atoms with Crippen LogP contribution in [0.1, 0.15) is 0 Å². The molecule has 0 bridgehead atoms. The number of para-hydroxylation sites is 1. The van der Waals surface area contributed by atoms with Gasteiger partial charge in [-0.2, -0.15) is 0 Å². The van der Waals surface area contributed by atoms with Crippen molar-refractivity contribution >= 4 is 22.3 Å². The van der Waals surface area contributed by atoms with Crippen LogP contribution < -0.4 is 10.1 Å². The summed E-state index contributed by atoms with van der Waals surface area (Å²) < 4.78 is 41.6. The number of hydrogen-bond donors (Lipinski definition) is 1. The number of hydrogen-bond acceptors (Lipinski definition) is 2. The molecule has 6 heteroatoms. The summed E-state index contributed by atoms with van der Waals surface area (Å²) in [5.41, 5.74) is 1.53. The molecule has 0 aromatic heterocycles. The van der Waals surface area contributed by atoms with Gasteiger partial charge in [-0.25, -0.2) is 0 Å². The molecule has 0 saturated heterocycles. The van der Waals surface area contributed by atoms with Crippen LogP contribution in [0.25, 0.3) is 0 Å². The van der Waals surface area contributed by atoms with Gasteiger partial charge in [0.15, 0.2) is 14.7 Å². The van der Waals surface area contributed by atoms with E-state index < -0.39 is 6.36 Å². The SMILES string of the molecule is FC(F)(F)Oc1ccc2c(c1)Nc1ccccc1[S+]2c1ccccc1. The molecule has 1 aliphatic rings. The number of fused-ring (bicyclic) bond motifs is 2. The molecule has 1 aliphatic heterocycles. The molecule has 1 unspecified atom stereocenters. The van der Waals surface area contributed by atoms with E-state index in [1.807, 2.05) is 54.6 Å². The number of ether oxygens (including phenoxy) is 1. The second-order valence-corrected chi connectivity index (χ2v) is 7.41. The van der Waals surface area contributed by atoms with Gasteiger partial charge < -0.3 is 10.1 Å². The fourth-order valence-electron chi connectivity index (χ4n) is 2.80. The Hall–Kier alpha value is -2.60. The summed E-state index contributed by atoms with van der Waals surface area (Å²) in [6.45, 7) is 0. The zero-order valence-corrected chi connectivity index (χ0v) is 13.7. The van der Waals surface area contributed by atoms with Crippen molar-refractivity contribution < 1.29 is 17.9 Å². The maximum Gasteiger partial charge on any atom is 0.573 e. The van der Waals surface area contributed by atoms with Crippen LogP contribution >= 0.6 is 0 Å². The lowest BCUT2D eigenvalue weighted by molar-refractivity contribution is -0.274. The maximum atomic E-state index is 12.5. The molecule has 0 spiro atoms. The molecule has 0 radical (unpaired) electrons. The molecule has 1 atom stereocenters. The van der Waals surface area contributed by atoms with Gasteiger partial charge in [-0.05, 0) is 36.4 Å². The van der Waals surface area contributed by atoms with Gasteiger partial charge in [0.1, 0.15) is 16.6 Å². The number of rotatable bonds is 2. The lowest BCUT2D eigenvalue weighted by Crippen LogP contribution is -2.18. The minimum Gasteiger partial charge on any atom is -0.406 e. The minimum absolute atomic E-state index is 0.227. The minimum atomic E-state index is -4.71. The van der Waals surface area contributed by atoms with Crippen LogP contribution in [0.3, 0.4) is 0 Å². The predicted molar refractivity (Wildman–Crippen MR) is 91.5 cm³/mol. The molecule has 1 heterocycles. The summed E-state index contributed by atoms with van der Waals surface area (Å²) in [7, 11) is -0.389. The van der Waals surface area contributed by atoms with Gasteiger partial charge in [-0.3, -0.25) is 0 Å². The van der Waals surface area contributed by atoms with Crippen molar-refractivity contribution in [2.24, 2.45) is 0 Å². The van der Waals surface area contributed by atoms with Crippen molar-refractivity contribution in [2.45, 2.75) is 21.0 Å². The number of anilines is 2. The van der Waals surface area contributed by atoms with E-state index in [0.29, 0.717) is 5.69 Å². The third-order valence-electron chi connectivity index (χ3n) is 3.76. The monoisotopic (exact) mass is 360 g/mol. The van der Waals surface area contributed by atoms with Crippen molar-refractivity contribution in [1.29, 1.82) is 0 Å². The van der Waals surface area contributed by atoms with Crippen molar-refractivity contribution in [3.63, 3.8) is 0 Å². The van der Waals surface area contributed by atoms with Gasteiger partial charge >= 0.3 is 6.36 Å². The summed E-state index contributed by atoms with van der Waals surface area (Å²) in [6.07, 6.45) is -4.71. The third-order valence-corrected chi connectivity index (χ3v) is 6.09. The van der Waals surface area contributed by atoms with E-state index in [-0.39, 0.29) is 16.6 Å². The lowest BCUT2D eigenvalue weighted by Gasteiger charge is -2.21. The smallest absolute Gasteiger partial charge is 0.406 e. The van der Waals surface area contributed by atoms with Gasteiger partial charge in [-0.1, -0.05) is 30.3 Å².